The van der Waals surface area contributed by atoms with Gasteiger partial charge in [0.05, 0.1) is 5.52 Å². The summed E-state index contributed by atoms with van der Waals surface area (Å²) in [4.78, 5) is 3.54. The molecule has 2 N–H and O–H groups in total. The van der Waals surface area contributed by atoms with E-state index in [2.05, 4.69) is 47.4 Å². The van der Waals surface area contributed by atoms with Crippen molar-refractivity contribution in [1.29, 1.82) is 0 Å². The number of phenols is 1. The van der Waals surface area contributed by atoms with Crippen LogP contribution in [0.5, 0.6) is 5.75 Å². The number of rotatable bonds is 0. The third-order valence-electron chi connectivity index (χ3n) is 4.51. The lowest BCUT2D eigenvalue weighted by Gasteiger charge is -2.06. The van der Waals surface area contributed by atoms with E-state index < -0.39 is 0 Å². The lowest BCUT2D eigenvalue weighted by atomic mass is 9.99. The molecule has 0 aliphatic rings. The summed E-state index contributed by atoms with van der Waals surface area (Å²) in [7, 11) is 0. The van der Waals surface area contributed by atoms with Crippen molar-refractivity contribution in [1.82, 2.24) is 4.98 Å². The quantitative estimate of drug-likeness (QED) is 0.370. The zero-order chi connectivity index (χ0) is 14.7. The number of phenolic OH excluding ortho intramolecular Hbond substituents is 1. The Morgan fingerprint density at radius 2 is 1.18 bits per heavy atom. The molecule has 22 heavy (non-hydrogen) atoms. The minimum Gasteiger partial charge on any atom is -0.507 e. The molecule has 0 saturated carbocycles. The van der Waals surface area contributed by atoms with Gasteiger partial charge in [-0.25, -0.2) is 0 Å². The Kier molecular flexibility index (Phi) is 2.12. The number of hydrogen-bond donors (Lipinski definition) is 2. The van der Waals surface area contributed by atoms with E-state index in [0.29, 0.717) is 5.75 Å². The summed E-state index contributed by atoms with van der Waals surface area (Å²) < 4.78 is 0. The maximum absolute atomic E-state index is 10.1. The van der Waals surface area contributed by atoms with Gasteiger partial charge in [-0.05, 0) is 29.0 Å². The van der Waals surface area contributed by atoms with E-state index in [1.165, 1.54) is 16.2 Å². The SMILES string of the molecule is Oc1cccc2c1ccc1c2ccc2c3ccccc3[nH]c21. The van der Waals surface area contributed by atoms with Crippen LogP contribution in [0.15, 0.2) is 66.7 Å². The average Bonchev–Trinajstić information content (AvgIpc) is 2.94. The Morgan fingerprint density at radius 1 is 0.545 bits per heavy atom. The first-order valence-corrected chi connectivity index (χ1v) is 7.37. The van der Waals surface area contributed by atoms with Crippen molar-refractivity contribution >= 4 is 43.4 Å². The van der Waals surface area contributed by atoms with E-state index in [1.54, 1.807) is 6.07 Å². The van der Waals surface area contributed by atoms with Crippen LogP contribution in [0.25, 0.3) is 43.4 Å². The van der Waals surface area contributed by atoms with Gasteiger partial charge in [0.2, 0.25) is 0 Å². The van der Waals surface area contributed by atoms with Crippen molar-refractivity contribution < 1.29 is 5.11 Å². The molecule has 0 radical (unpaired) electrons. The predicted molar refractivity (Wildman–Crippen MR) is 92.5 cm³/mol. The van der Waals surface area contributed by atoms with Gasteiger partial charge in [-0.15, -0.1) is 0 Å². The molecule has 2 nitrogen and oxygen atoms in total. The number of aromatic nitrogens is 1. The topological polar surface area (TPSA) is 36.0 Å². The minimum absolute atomic E-state index is 0.330. The van der Waals surface area contributed by atoms with Crippen LogP contribution in [0.2, 0.25) is 0 Å². The van der Waals surface area contributed by atoms with Crippen molar-refractivity contribution in [3.8, 4) is 5.75 Å². The van der Waals surface area contributed by atoms with Gasteiger partial charge in [0.25, 0.3) is 0 Å². The number of aromatic hydroxyl groups is 1. The number of fused-ring (bicyclic) bond motifs is 7. The normalized spacial score (nSPS) is 11.8. The summed E-state index contributed by atoms with van der Waals surface area (Å²) in [5, 5.41) is 16.9. The van der Waals surface area contributed by atoms with Crippen molar-refractivity contribution in [2.75, 3.05) is 0 Å². The van der Waals surface area contributed by atoms with Gasteiger partial charge >= 0.3 is 0 Å². The van der Waals surface area contributed by atoms with Crippen LogP contribution in [-0.4, -0.2) is 10.1 Å². The highest BCUT2D eigenvalue weighted by molar-refractivity contribution is 6.22. The van der Waals surface area contributed by atoms with Gasteiger partial charge < -0.3 is 10.1 Å². The molecular formula is C20H13NO. The van der Waals surface area contributed by atoms with Crippen LogP contribution in [-0.2, 0) is 0 Å². The fourth-order valence-corrected chi connectivity index (χ4v) is 3.48. The maximum Gasteiger partial charge on any atom is 0.123 e. The van der Waals surface area contributed by atoms with Crippen molar-refractivity contribution in [3.63, 3.8) is 0 Å². The summed E-state index contributed by atoms with van der Waals surface area (Å²) in [5.74, 6) is 0.330. The Balaban J connectivity index is 2.05. The molecule has 0 unspecified atom stereocenters. The summed E-state index contributed by atoms with van der Waals surface area (Å²) in [6, 6.07) is 22.5. The lowest BCUT2D eigenvalue weighted by Crippen LogP contribution is -1.80. The number of benzene rings is 4. The molecule has 0 spiro atoms. The van der Waals surface area contributed by atoms with Gasteiger partial charge in [-0.1, -0.05) is 48.5 Å². The highest BCUT2D eigenvalue weighted by Crippen LogP contribution is 2.36. The highest BCUT2D eigenvalue weighted by atomic mass is 16.3. The smallest absolute Gasteiger partial charge is 0.123 e. The summed E-state index contributed by atoms with van der Waals surface area (Å²) in [6.07, 6.45) is 0. The molecular weight excluding hydrogens is 270 g/mol. The van der Waals surface area contributed by atoms with E-state index >= 15 is 0 Å². The first-order chi connectivity index (χ1) is 10.8. The van der Waals surface area contributed by atoms with Crippen LogP contribution in [0, 0.1) is 0 Å². The largest absolute Gasteiger partial charge is 0.507 e. The monoisotopic (exact) mass is 283 g/mol. The van der Waals surface area contributed by atoms with Crippen molar-refractivity contribution in [3.05, 3.63) is 66.7 Å². The number of nitrogens with one attached hydrogen (secondary N) is 1. The van der Waals surface area contributed by atoms with Crippen LogP contribution < -0.4 is 0 Å². The number of aromatic amines is 1. The van der Waals surface area contributed by atoms with Crippen LogP contribution in [0.1, 0.15) is 0 Å². The van der Waals surface area contributed by atoms with E-state index in [9.17, 15) is 5.11 Å². The van der Waals surface area contributed by atoms with Crippen molar-refractivity contribution in [2.24, 2.45) is 0 Å². The first kappa shape index (κ1) is 11.6. The molecule has 4 aromatic carbocycles. The lowest BCUT2D eigenvalue weighted by molar-refractivity contribution is 0.481. The molecule has 1 aromatic heterocycles. The van der Waals surface area contributed by atoms with Crippen LogP contribution in [0.3, 0.4) is 0 Å². The summed E-state index contributed by atoms with van der Waals surface area (Å²) in [5.41, 5.74) is 2.31. The molecule has 0 atom stereocenters. The third-order valence-corrected chi connectivity index (χ3v) is 4.51. The molecule has 5 aromatic rings. The molecule has 0 aliphatic carbocycles. The Labute approximate surface area is 126 Å². The van der Waals surface area contributed by atoms with Crippen LogP contribution >= 0.6 is 0 Å². The molecule has 1 heterocycles. The molecule has 5 rings (SSSR count). The van der Waals surface area contributed by atoms with Gasteiger partial charge in [0.1, 0.15) is 5.75 Å². The van der Waals surface area contributed by atoms with E-state index in [-0.39, 0.29) is 0 Å². The molecule has 0 aliphatic heterocycles. The molecule has 104 valence electrons. The Morgan fingerprint density at radius 3 is 2.09 bits per heavy atom. The minimum atomic E-state index is 0.330. The fraction of sp³-hybridized carbons (Fsp3) is 0. The second-order valence-electron chi connectivity index (χ2n) is 5.69. The summed E-state index contributed by atoms with van der Waals surface area (Å²) in [6.45, 7) is 0. The van der Waals surface area contributed by atoms with Gasteiger partial charge in [-0.3, -0.25) is 0 Å². The zero-order valence-corrected chi connectivity index (χ0v) is 11.8. The highest BCUT2D eigenvalue weighted by Gasteiger charge is 2.10. The van der Waals surface area contributed by atoms with Crippen LogP contribution in [0.4, 0.5) is 0 Å². The van der Waals surface area contributed by atoms with Gasteiger partial charge in [-0.2, -0.15) is 0 Å². The molecule has 0 saturated heterocycles. The van der Waals surface area contributed by atoms with E-state index in [1.807, 2.05) is 18.2 Å². The maximum atomic E-state index is 10.1. The number of H-pyrrole nitrogens is 1. The third kappa shape index (κ3) is 1.39. The summed E-state index contributed by atoms with van der Waals surface area (Å²) >= 11 is 0. The second kappa shape index (κ2) is 4.01. The first-order valence-electron chi connectivity index (χ1n) is 7.37. The van der Waals surface area contributed by atoms with E-state index in [4.69, 9.17) is 0 Å². The molecule has 0 amide bonds. The molecule has 0 bridgehead atoms. The second-order valence-corrected chi connectivity index (χ2v) is 5.69. The average molecular weight is 283 g/mol. The molecule has 2 heteroatoms. The van der Waals surface area contributed by atoms with E-state index in [0.717, 1.165) is 27.2 Å². The Hall–Kier alpha value is -3.00. The van der Waals surface area contributed by atoms with Crippen molar-refractivity contribution in [2.45, 2.75) is 0 Å². The fourth-order valence-electron chi connectivity index (χ4n) is 3.48. The molecule has 0 fully saturated rings. The zero-order valence-electron chi connectivity index (χ0n) is 11.8. The van der Waals surface area contributed by atoms with Gasteiger partial charge in [0.15, 0.2) is 0 Å². The standard InChI is InChI=1S/C20H13NO/c22-19-7-3-5-12-13-8-10-17-14-4-1-2-6-18(14)21-20(17)16(13)11-9-15(12)19/h1-11,21-22H. The number of hydrogen-bond acceptors (Lipinski definition) is 1. The Bertz CT molecular complexity index is 1180. The predicted octanol–water partition coefficient (Wildman–Crippen LogP) is 5.33. The van der Waals surface area contributed by atoms with Gasteiger partial charge in [0, 0.05) is 27.1 Å². The number of para-hydroxylation sites is 1.